The van der Waals surface area contributed by atoms with E-state index in [1.165, 1.54) is 0 Å². The highest BCUT2D eigenvalue weighted by Crippen LogP contribution is 2.26. The molecule has 0 aromatic carbocycles. The van der Waals surface area contributed by atoms with Crippen LogP contribution in [0.3, 0.4) is 0 Å². The normalized spacial score (nSPS) is 34.6. The lowest BCUT2D eigenvalue weighted by molar-refractivity contribution is -0.142. The number of rotatable bonds is 2. The summed E-state index contributed by atoms with van der Waals surface area (Å²) in [7, 11) is 0. The highest BCUT2D eigenvalue weighted by atomic mass is 16.6. The number of fused-ring (bicyclic) bond motifs is 1. The van der Waals surface area contributed by atoms with E-state index in [2.05, 4.69) is 10.5 Å². The summed E-state index contributed by atoms with van der Waals surface area (Å²) in [4.78, 5) is 26.1. The van der Waals surface area contributed by atoms with Gasteiger partial charge in [0.2, 0.25) is 0 Å². The topological polar surface area (TPSA) is 108 Å². The van der Waals surface area contributed by atoms with Crippen molar-refractivity contribution in [2.45, 2.75) is 12.1 Å². The van der Waals surface area contributed by atoms with Gasteiger partial charge < -0.3 is 20.4 Å². The van der Waals surface area contributed by atoms with Crippen LogP contribution in [0.5, 0.6) is 0 Å². The molecule has 3 N–H and O–H groups in total. The molecule has 14 heavy (non-hydrogen) atoms. The molecule has 0 bridgehead atoms. The van der Waals surface area contributed by atoms with Crippen molar-refractivity contribution in [1.29, 1.82) is 0 Å². The van der Waals surface area contributed by atoms with Crippen molar-refractivity contribution in [3.8, 4) is 0 Å². The smallest absolute Gasteiger partial charge is 0.354 e. The fraction of sp³-hybridized carbons (Fsp3) is 0.571. The number of aliphatic carboxylic acids is 2. The fourth-order valence-electron chi connectivity index (χ4n) is 1.72. The molecule has 2 aliphatic rings. The third-order valence-electron chi connectivity index (χ3n) is 2.39. The molecule has 2 aliphatic heterocycles. The van der Waals surface area contributed by atoms with Gasteiger partial charge in [-0.1, -0.05) is 5.16 Å². The van der Waals surface area contributed by atoms with Crippen LogP contribution in [-0.2, 0) is 14.4 Å². The Morgan fingerprint density at radius 1 is 1.50 bits per heavy atom. The van der Waals surface area contributed by atoms with Crippen molar-refractivity contribution in [1.82, 2.24) is 5.32 Å². The molecule has 2 rings (SSSR count). The summed E-state index contributed by atoms with van der Waals surface area (Å²) in [5.41, 5.74) is -0.105. The minimum absolute atomic E-state index is 0.105. The Bertz CT molecular complexity index is 326. The van der Waals surface area contributed by atoms with Crippen molar-refractivity contribution < 1.29 is 24.6 Å². The van der Waals surface area contributed by atoms with E-state index < -0.39 is 30.0 Å². The summed E-state index contributed by atoms with van der Waals surface area (Å²) in [5, 5.41) is 23.5. The van der Waals surface area contributed by atoms with Gasteiger partial charge in [-0.2, -0.15) is 0 Å². The summed E-state index contributed by atoms with van der Waals surface area (Å²) in [6.45, 7) is 0.271. The minimum atomic E-state index is -1.16. The summed E-state index contributed by atoms with van der Waals surface area (Å²) in [5.74, 6) is -2.68. The Labute approximate surface area is 78.3 Å². The fourth-order valence-corrected chi connectivity index (χ4v) is 1.72. The number of nitrogens with zero attached hydrogens (tertiary/aromatic N) is 1. The number of carbonyl (C=O) groups is 2. The Kier molecular flexibility index (Phi) is 1.88. The lowest BCUT2D eigenvalue weighted by Gasteiger charge is -2.10. The molecular weight excluding hydrogens is 192 g/mol. The van der Waals surface area contributed by atoms with Crippen LogP contribution in [0.2, 0.25) is 0 Å². The molecule has 1 fully saturated rings. The van der Waals surface area contributed by atoms with Gasteiger partial charge in [0.25, 0.3) is 0 Å². The van der Waals surface area contributed by atoms with E-state index in [1.807, 2.05) is 0 Å². The van der Waals surface area contributed by atoms with Crippen molar-refractivity contribution in [2.75, 3.05) is 6.54 Å². The first-order valence-electron chi connectivity index (χ1n) is 4.04. The van der Waals surface area contributed by atoms with Gasteiger partial charge in [0.15, 0.2) is 11.8 Å². The maximum Gasteiger partial charge on any atom is 0.354 e. The van der Waals surface area contributed by atoms with Crippen LogP contribution in [0, 0.1) is 5.92 Å². The van der Waals surface area contributed by atoms with Crippen LogP contribution in [0.1, 0.15) is 0 Å². The van der Waals surface area contributed by atoms with Crippen molar-refractivity contribution >= 4 is 17.7 Å². The number of nitrogens with one attached hydrogen (secondary N) is 1. The van der Waals surface area contributed by atoms with E-state index >= 15 is 0 Å². The Morgan fingerprint density at radius 3 is 2.79 bits per heavy atom. The monoisotopic (exact) mass is 200 g/mol. The molecule has 7 nitrogen and oxygen atoms in total. The molecule has 3 atom stereocenters. The third kappa shape index (κ3) is 1.13. The number of carboxylic acids is 2. The first-order chi connectivity index (χ1) is 6.61. The van der Waals surface area contributed by atoms with Crippen molar-refractivity contribution in [2.24, 2.45) is 11.1 Å². The van der Waals surface area contributed by atoms with Gasteiger partial charge in [0.05, 0.1) is 5.92 Å². The lowest BCUT2D eigenvalue weighted by Crippen LogP contribution is -2.39. The zero-order chi connectivity index (χ0) is 10.3. The van der Waals surface area contributed by atoms with Gasteiger partial charge in [0.1, 0.15) is 6.04 Å². The molecule has 0 unspecified atom stereocenters. The van der Waals surface area contributed by atoms with Crippen LogP contribution in [0.15, 0.2) is 5.16 Å². The molecule has 0 aromatic rings. The van der Waals surface area contributed by atoms with Crippen LogP contribution < -0.4 is 5.32 Å². The predicted molar refractivity (Wildman–Crippen MR) is 42.9 cm³/mol. The van der Waals surface area contributed by atoms with E-state index in [0.717, 1.165) is 0 Å². The second kappa shape index (κ2) is 2.95. The van der Waals surface area contributed by atoms with E-state index in [4.69, 9.17) is 15.1 Å². The average Bonchev–Trinajstić information content (AvgIpc) is 2.59. The predicted octanol–water partition coefficient (Wildman–Crippen LogP) is -1.50. The molecular formula is C7H8N2O5. The molecule has 7 heteroatoms. The standard InChI is InChI=1S/C7H8N2O5/c10-6(11)3-2-1-8-4(7(12)13)5(2)14-9-3/h2,4-5,8H,1H2,(H,10,11)(H,12,13)/t2-,4+,5+/m0/s1. The maximum atomic E-state index is 10.7. The number of oxime groups is 1. The van der Waals surface area contributed by atoms with Crippen molar-refractivity contribution in [3.05, 3.63) is 0 Å². The van der Waals surface area contributed by atoms with Gasteiger partial charge in [0, 0.05) is 6.54 Å². The molecule has 0 saturated carbocycles. The molecule has 0 amide bonds. The van der Waals surface area contributed by atoms with Crippen LogP contribution in [0.25, 0.3) is 0 Å². The summed E-state index contributed by atoms with van der Waals surface area (Å²) in [6, 6.07) is -0.874. The van der Waals surface area contributed by atoms with E-state index in [-0.39, 0.29) is 12.3 Å². The first kappa shape index (κ1) is 8.95. The van der Waals surface area contributed by atoms with Gasteiger partial charge >= 0.3 is 11.9 Å². The largest absolute Gasteiger partial charge is 0.480 e. The Morgan fingerprint density at radius 2 is 2.21 bits per heavy atom. The Balaban J connectivity index is 2.16. The first-order valence-corrected chi connectivity index (χ1v) is 4.04. The molecule has 0 aromatic heterocycles. The maximum absolute atomic E-state index is 10.7. The van der Waals surface area contributed by atoms with Gasteiger partial charge in [-0.3, -0.25) is 4.79 Å². The SMILES string of the molecule is O=C(O)C1=NO[C@@H]2[C@H]1CN[C@H]2C(=O)O. The summed E-state index contributed by atoms with van der Waals surface area (Å²) < 4.78 is 0. The molecule has 0 aliphatic carbocycles. The summed E-state index contributed by atoms with van der Waals surface area (Å²) in [6.07, 6.45) is -0.696. The molecule has 2 heterocycles. The molecule has 76 valence electrons. The van der Waals surface area contributed by atoms with Gasteiger partial charge in [-0.25, -0.2) is 4.79 Å². The summed E-state index contributed by atoms with van der Waals surface area (Å²) >= 11 is 0. The second-order valence-corrected chi connectivity index (χ2v) is 3.18. The van der Waals surface area contributed by atoms with Crippen molar-refractivity contribution in [3.63, 3.8) is 0 Å². The van der Waals surface area contributed by atoms with Crippen LogP contribution >= 0.6 is 0 Å². The molecule has 0 spiro atoms. The Hall–Kier alpha value is -1.63. The average molecular weight is 200 g/mol. The number of hydrogen-bond donors (Lipinski definition) is 3. The molecule has 1 saturated heterocycles. The van der Waals surface area contributed by atoms with E-state index in [1.54, 1.807) is 0 Å². The zero-order valence-corrected chi connectivity index (χ0v) is 7.01. The zero-order valence-electron chi connectivity index (χ0n) is 7.01. The van der Waals surface area contributed by atoms with Crippen LogP contribution in [0.4, 0.5) is 0 Å². The highest BCUT2D eigenvalue weighted by molar-refractivity contribution is 6.37. The third-order valence-corrected chi connectivity index (χ3v) is 2.39. The molecule has 0 radical (unpaired) electrons. The minimum Gasteiger partial charge on any atom is -0.480 e. The lowest BCUT2D eigenvalue weighted by atomic mass is 9.97. The quantitative estimate of drug-likeness (QED) is 0.500. The number of carboxylic acid groups (broad SMARTS) is 2. The van der Waals surface area contributed by atoms with Gasteiger partial charge in [-0.15, -0.1) is 0 Å². The number of hydrogen-bond acceptors (Lipinski definition) is 5. The highest BCUT2D eigenvalue weighted by Gasteiger charge is 2.50. The van der Waals surface area contributed by atoms with E-state index in [0.29, 0.717) is 0 Å². The van der Waals surface area contributed by atoms with E-state index in [9.17, 15) is 9.59 Å². The van der Waals surface area contributed by atoms with Crippen LogP contribution in [-0.4, -0.2) is 46.6 Å². The second-order valence-electron chi connectivity index (χ2n) is 3.18. The van der Waals surface area contributed by atoms with Gasteiger partial charge in [-0.05, 0) is 0 Å².